The number of para-hydroxylation sites is 2. The number of nitrogens with zero attached hydrogens (tertiary/aromatic N) is 4. The van der Waals surface area contributed by atoms with Crippen LogP contribution in [0.25, 0.3) is 70.2 Å². The Kier molecular flexibility index (Phi) is 8.62. The van der Waals surface area contributed by atoms with E-state index in [-0.39, 0.29) is 0 Å². The van der Waals surface area contributed by atoms with Crippen LogP contribution in [0.3, 0.4) is 0 Å². The Morgan fingerprint density at radius 2 is 1.29 bits per heavy atom. The maximum Gasteiger partial charge on any atom is 0.155 e. The number of thiazole rings is 1. The molecule has 2 aromatic heterocycles. The van der Waals surface area contributed by atoms with Crippen LogP contribution in [0.1, 0.15) is 23.6 Å². The molecule has 10 aromatic rings. The lowest BCUT2D eigenvalue weighted by Crippen LogP contribution is -2.04. The molecule has 0 radical (unpaired) electrons. The largest absolute Gasteiger partial charge is 0.309 e. The number of rotatable bonds is 7. The van der Waals surface area contributed by atoms with E-state index in [1.807, 2.05) is 36.4 Å². The van der Waals surface area contributed by atoms with Crippen molar-refractivity contribution in [3.8, 4) is 27.4 Å². The van der Waals surface area contributed by atoms with Gasteiger partial charge in [-0.3, -0.25) is 4.99 Å². The van der Waals surface area contributed by atoms with E-state index in [0.717, 1.165) is 44.4 Å². The highest BCUT2D eigenvalue weighted by Gasteiger charge is 2.18. The third-order valence-electron chi connectivity index (χ3n) is 10.5. The molecular weight excluding hydrogens is 701 g/mol. The summed E-state index contributed by atoms with van der Waals surface area (Å²) >= 11 is 1.75. The van der Waals surface area contributed by atoms with Crippen LogP contribution in [0.5, 0.6) is 0 Å². The standard InChI is InChI=1S/C51H36N4S/c1-34(53-50(37-15-6-3-7-16-37)52-33-35-13-4-2-5-14-35)38-23-24-41-32-39(25-26-40(41)31-38)36-27-29-42(30-28-36)55-46-20-10-8-17-43(46)49-44(18-12-21-47(49)55)51-54-45-19-9-11-22-48(45)56-51/h2-32H,33H2,1H3. The van der Waals surface area contributed by atoms with Gasteiger partial charge in [-0.15, -0.1) is 11.3 Å². The molecule has 0 N–H and O–H groups in total. The molecule has 0 atom stereocenters. The summed E-state index contributed by atoms with van der Waals surface area (Å²) in [4.78, 5) is 15.0. The van der Waals surface area contributed by atoms with Crippen LogP contribution in [0.4, 0.5) is 0 Å². The van der Waals surface area contributed by atoms with Gasteiger partial charge in [0.1, 0.15) is 5.01 Å². The summed E-state index contributed by atoms with van der Waals surface area (Å²) in [7, 11) is 0. The van der Waals surface area contributed by atoms with Crippen molar-refractivity contribution < 1.29 is 0 Å². The van der Waals surface area contributed by atoms with E-state index in [4.69, 9.17) is 15.0 Å². The van der Waals surface area contributed by atoms with Gasteiger partial charge in [0.05, 0.1) is 27.8 Å². The SMILES string of the molecule is CC(=NC(=NCc1ccccc1)c1ccccc1)c1ccc2cc(-c3ccc(-n4c5ccccc5c5c(-c6nc7ccccc7s6)cccc54)cc3)ccc2c1. The number of aromatic nitrogens is 2. The first-order chi connectivity index (χ1) is 27.7. The molecule has 0 saturated carbocycles. The zero-order valence-corrected chi connectivity index (χ0v) is 31.6. The van der Waals surface area contributed by atoms with E-state index in [2.05, 4.69) is 163 Å². The van der Waals surface area contributed by atoms with Crippen LogP contribution < -0.4 is 0 Å². The molecule has 5 heteroatoms. The minimum Gasteiger partial charge on any atom is -0.309 e. The summed E-state index contributed by atoms with van der Waals surface area (Å²) in [5, 5.41) is 5.87. The highest BCUT2D eigenvalue weighted by molar-refractivity contribution is 7.21. The average Bonchev–Trinajstić information content (AvgIpc) is 3.85. The molecule has 10 rings (SSSR count). The van der Waals surface area contributed by atoms with Gasteiger partial charge < -0.3 is 4.57 Å². The minimum atomic E-state index is 0.577. The van der Waals surface area contributed by atoms with E-state index in [1.54, 1.807) is 11.3 Å². The number of aliphatic imine (C=N–C) groups is 2. The number of hydrogen-bond donors (Lipinski definition) is 0. The summed E-state index contributed by atoms with van der Waals surface area (Å²) in [6, 6.07) is 66.5. The number of benzene rings is 8. The second-order valence-electron chi connectivity index (χ2n) is 14.1. The van der Waals surface area contributed by atoms with Gasteiger partial charge in [-0.25, -0.2) is 9.98 Å². The molecule has 0 fully saturated rings. The topological polar surface area (TPSA) is 42.5 Å². The second-order valence-corrected chi connectivity index (χ2v) is 15.1. The average molecular weight is 737 g/mol. The molecule has 4 nitrogen and oxygen atoms in total. The zero-order chi connectivity index (χ0) is 37.4. The van der Waals surface area contributed by atoms with E-state index in [0.29, 0.717) is 6.54 Å². The van der Waals surface area contributed by atoms with Crippen molar-refractivity contribution in [1.29, 1.82) is 0 Å². The van der Waals surface area contributed by atoms with Gasteiger partial charge in [0.15, 0.2) is 5.84 Å². The van der Waals surface area contributed by atoms with Gasteiger partial charge in [-0.05, 0) is 88.5 Å². The number of hydrogen-bond acceptors (Lipinski definition) is 3. The van der Waals surface area contributed by atoms with E-state index >= 15 is 0 Å². The predicted octanol–water partition coefficient (Wildman–Crippen LogP) is 13.3. The molecule has 0 spiro atoms. The first-order valence-corrected chi connectivity index (χ1v) is 19.7. The first kappa shape index (κ1) is 33.6. The monoisotopic (exact) mass is 736 g/mol. The maximum absolute atomic E-state index is 5.06. The highest BCUT2D eigenvalue weighted by atomic mass is 32.1. The Hall–Kier alpha value is -6.95. The molecule has 8 aromatic carbocycles. The summed E-state index contributed by atoms with van der Waals surface area (Å²) in [6.45, 7) is 2.64. The molecule has 0 aliphatic rings. The summed E-state index contributed by atoms with van der Waals surface area (Å²) in [5.41, 5.74) is 12.2. The molecule has 0 bridgehead atoms. The van der Waals surface area contributed by atoms with Crippen molar-refractivity contribution in [3.63, 3.8) is 0 Å². The molecule has 56 heavy (non-hydrogen) atoms. The first-order valence-electron chi connectivity index (χ1n) is 18.9. The molecular formula is C51H36N4S. The van der Waals surface area contributed by atoms with E-state index in [9.17, 15) is 0 Å². The summed E-state index contributed by atoms with van der Waals surface area (Å²) in [5.74, 6) is 0.736. The molecule has 0 aliphatic heterocycles. The Morgan fingerprint density at radius 3 is 2.12 bits per heavy atom. The Morgan fingerprint density at radius 1 is 0.589 bits per heavy atom. The van der Waals surface area contributed by atoms with Crippen LogP contribution in [0, 0.1) is 0 Å². The lowest BCUT2D eigenvalue weighted by molar-refractivity contribution is 1.06. The highest BCUT2D eigenvalue weighted by Crippen LogP contribution is 2.41. The molecule has 0 unspecified atom stereocenters. The van der Waals surface area contributed by atoms with Crippen molar-refractivity contribution in [2.45, 2.75) is 13.5 Å². The lowest BCUT2D eigenvalue weighted by atomic mass is 9.99. The van der Waals surface area contributed by atoms with Crippen LogP contribution in [0.2, 0.25) is 0 Å². The van der Waals surface area contributed by atoms with Gasteiger partial charge >= 0.3 is 0 Å². The van der Waals surface area contributed by atoms with Crippen LogP contribution >= 0.6 is 11.3 Å². The molecule has 2 heterocycles. The molecule has 266 valence electrons. The van der Waals surface area contributed by atoms with Crippen LogP contribution in [-0.4, -0.2) is 21.1 Å². The summed E-state index contributed by atoms with van der Waals surface area (Å²) in [6.07, 6.45) is 0. The van der Waals surface area contributed by atoms with Crippen LogP contribution in [-0.2, 0) is 6.54 Å². The Labute approximate surface area is 329 Å². The van der Waals surface area contributed by atoms with E-state index in [1.165, 1.54) is 54.0 Å². The van der Waals surface area contributed by atoms with Crippen molar-refractivity contribution in [1.82, 2.24) is 9.55 Å². The quantitative estimate of drug-likeness (QED) is 0.119. The lowest BCUT2D eigenvalue weighted by Gasteiger charge is -2.11. The van der Waals surface area contributed by atoms with Crippen molar-refractivity contribution >= 4 is 65.7 Å². The summed E-state index contributed by atoms with van der Waals surface area (Å²) < 4.78 is 3.58. The fourth-order valence-corrected chi connectivity index (χ4v) is 8.67. The fraction of sp³-hybridized carbons (Fsp3) is 0.0392. The molecule has 0 saturated heterocycles. The van der Waals surface area contributed by atoms with Crippen molar-refractivity contribution in [2.75, 3.05) is 0 Å². The van der Waals surface area contributed by atoms with Crippen molar-refractivity contribution in [3.05, 3.63) is 205 Å². The maximum atomic E-state index is 5.06. The molecule has 0 aliphatic carbocycles. The van der Waals surface area contributed by atoms with Gasteiger partial charge in [0.25, 0.3) is 0 Å². The second kappa shape index (κ2) is 14.4. The van der Waals surface area contributed by atoms with E-state index < -0.39 is 0 Å². The van der Waals surface area contributed by atoms with Gasteiger partial charge in [-0.2, -0.15) is 0 Å². The molecule has 0 amide bonds. The van der Waals surface area contributed by atoms with Crippen molar-refractivity contribution in [2.24, 2.45) is 9.98 Å². The van der Waals surface area contributed by atoms with Gasteiger partial charge in [-0.1, -0.05) is 140 Å². The minimum absolute atomic E-state index is 0.577. The Bertz CT molecular complexity index is 3070. The van der Waals surface area contributed by atoms with Gasteiger partial charge in [0.2, 0.25) is 0 Å². The third kappa shape index (κ3) is 6.28. The predicted molar refractivity (Wildman–Crippen MR) is 238 cm³/mol. The number of fused-ring (bicyclic) bond motifs is 5. The third-order valence-corrected chi connectivity index (χ3v) is 11.6. The number of amidine groups is 1. The smallest absolute Gasteiger partial charge is 0.155 e. The zero-order valence-electron chi connectivity index (χ0n) is 30.8. The van der Waals surface area contributed by atoms with Gasteiger partial charge in [0, 0.05) is 33.3 Å². The normalized spacial score (nSPS) is 12.3. The fourth-order valence-electron chi connectivity index (χ4n) is 7.67. The Balaban J connectivity index is 0.961. The van der Waals surface area contributed by atoms with Crippen LogP contribution in [0.15, 0.2) is 198 Å².